The molecule has 2 aromatic rings. The van der Waals surface area contributed by atoms with E-state index in [1.54, 1.807) is 0 Å². The number of hydrogen-bond acceptors (Lipinski definition) is 5. The molecular formula is C21H22O5. The first-order chi connectivity index (χ1) is 12.3. The summed E-state index contributed by atoms with van der Waals surface area (Å²) in [4.78, 5) is 12.3. The van der Waals surface area contributed by atoms with Gasteiger partial charge in [0.05, 0.1) is 12.7 Å². The molecule has 0 radical (unpaired) electrons. The number of aromatic hydroxyl groups is 3. The maximum atomic E-state index is 12.3. The van der Waals surface area contributed by atoms with Crippen molar-refractivity contribution in [3.05, 3.63) is 64.7 Å². The van der Waals surface area contributed by atoms with Crippen LogP contribution in [0.1, 0.15) is 35.3 Å². The minimum Gasteiger partial charge on any atom is -0.508 e. The van der Waals surface area contributed by atoms with E-state index in [0.29, 0.717) is 23.1 Å². The predicted molar refractivity (Wildman–Crippen MR) is 101 cm³/mol. The average Bonchev–Trinajstić information content (AvgIpc) is 2.60. The molecular weight excluding hydrogens is 332 g/mol. The van der Waals surface area contributed by atoms with Crippen LogP contribution in [0.2, 0.25) is 0 Å². The van der Waals surface area contributed by atoms with Gasteiger partial charge in [0.1, 0.15) is 23.0 Å². The molecule has 0 aromatic heterocycles. The first-order valence-electron chi connectivity index (χ1n) is 8.10. The van der Waals surface area contributed by atoms with Gasteiger partial charge in [0.15, 0.2) is 5.78 Å². The summed E-state index contributed by atoms with van der Waals surface area (Å²) >= 11 is 0. The number of carbonyl (C=O) groups is 1. The molecule has 5 nitrogen and oxygen atoms in total. The highest BCUT2D eigenvalue weighted by atomic mass is 16.5. The van der Waals surface area contributed by atoms with Gasteiger partial charge in [-0.15, -0.1) is 0 Å². The Balaban J connectivity index is 2.40. The van der Waals surface area contributed by atoms with Crippen LogP contribution in [0.15, 0.2) is 48.1 Å². The van der Waals surface area contributed by atoms with Crippen LogP contribution in [0, 0.1) is 0 Å². The van der Waals surface area contributed by atoms with Gasteiger partial charge >= 0.3 is 0 Å². The molecule has 0 saturated heterocycles. The molecule has 0 heterocycles. The van der Waals surface area contributed by atoms with Crippen LogP contribution in [0.25, 0.3) is 6.08 Å². The second-order valence-electron chi connectivity index (χ2n) is 6.07. The Hall–Kier alpha value is -3.21. The highest BCUT2D eigenvalue weighted by Crippen LogP contribution is 2.39. The van der Waals surface area contributed by atoms with E-state index in [1.165, 1.54) is 49.6 Å². The number of benzene rings is 2. The van der Waals surface area contributed by atoms with Crippen molar-refractivity contribution >= 4 is 11.9 Å². The number of allylic oxidation sites excluding steroid dienone is 3. The lowest BCUT2D eigenvalue weighted by Crippen LogP contribution is -1.96. The first kappa shape index (κ1) is 19.1. The quantitative estimate of drug-likeness (QED) is 0.411. The van der Waals surface area contributed by atoms with Crippen LogP contribution in [0.5, 0.6) is 23.0 Å². The predicted octanol–water partition coefficient (Wildman–Crippen LogP) is 4.22. The number of methoxy groups -OCH3 is 1. The maximum Gasteiger partial charge on any atom is 0.185 e. The van der Waals surface area contributed by atoms with Gasteiger partial charge in [-0.05, 0) is 56.7 Å². The first-order valence-corrected chi connectivity index (χ1v) is 8.10. The monoisotopic (exact) mass is 354 g/mol. The summed E-state index contributed by atoms with van der Waals surface area (Å²) in [5.74, 6) is -0.152. The molecule has 0 spiro atoms. The van der Waals surface area contributed by atoms with Crippen LogP contribution in [-0.4, -0.2) is 28.2 Å². The summed E-state index contributed by atoms with van der Waals surface area (Å²) < 4.78 is 5.21. The van der Waals surface area contributed by atoms with Crippen LogP contribution in [0.4, 0.5) is 0 Å². The standard InChI is InChI=1S/C21H22O5/c1-13(2)4-9-16-19(24)12-20(26-3)17(21(16)25)10-11-18(23)14-5-7-15(22)8-6-14/h4-8,10-12,22,24-25H,9H2,1-3H3/b11-10+. The second-order valence-corrected chi connectivity index (χ2v) is 6.07. The van der Waals surface area contributed by atoms with Crippen LogP contribution in [-0.2, 0) is 6.42 Å². The van der Waals surface area contributed by atoms with Gasteiger partial charge in [-0.1, -0.05) is 11.6 Å². The Morgan fingerprint density at radius 3 is 2.35 bits per heavy atom. The number of ketones is 1. The van der Waals surface area contributed by atoms with Crippen LogP contribution < -0.4 is 4.74 Å². The second kappa shape index (κ2) is 8.25. The van der Waals surface area contributed by atoms with E-state index in [0.717, 1.165) is 5.57 Å². The SMILES string of the molecule is COc1cc(O)c(CC=C(C)C)c(O)c1/C=C/C(=O)c1ccc(O)cc1. The van der Waals surface area contributed by atoms with Gasteiger partial charge in [0.25, 0.3) is 0 Å². The van der Waals surface area contributed by atoms with E-state index in [1.807, 2.05) is 19.9 Å². The molecule has 0 amide bonds. The average molecular weight is 354 g/mol. The van der Waals surface area contributed by atoms with E-state index in [2.05, 4.69) is 0 Å². The fourth-order valence-electron chi connectivity index (χ4n) is 2.41. The van der Waals surface area contributed by atoms with E-state index in [9.17, 15) is 20.1 Å². The fraction of sp³-hybridized carbons (Fsp3) is 0.190. The highest BCUT2D eigenvalue weighted by molar-refractivity contribution is 6.07. The van der Waals surface area contributed by atoms with Gasteiger partial charge in [0.2, 0.25) is 0 Å². The Kier molecular flexibility index (Phi) is 6.07. The number of hydrogen-bond donors (Lipinski definition) is 3. The molecule has 3 N–H and O–H groups in total. The van der Waals surface area contributed by atoms with E-state index < -0.39 is 0 Å². The molecule has 0 atom stereocenters. The summed E-state index contributed by atoms with van der Waals surface area (Å²) in [6.45, 7) is 3.85. The topological polar surface area (TPSA) is 87.0 Å². The molecule has 5 heteroatoms. The Morgan fingerprint density at radius 2 is 1.77 bits per heavy atom. The molecule has 2 rings (SSSR count). The molecule has 26 heavy (non-hydrogen) atoms. The molecule has 0 aliphatic carbocycles. The fourth-order valence-corrected chi connectivity index (χ4v) is 2.41. The summed E-state index contributed by atoms with van der Waals surface area (Å²) in [5, 5.41) is 30.0. The molecule has 0 aliphatic heterocycles. The third kappa shape index (κ3) is 4.45. The van der Waals surface area contributed by atoms with Crippen molar-refractivity contribution in [1.82, 2.24) is 0 Å². The van der Waals surface area contributed by atoms with Gasteiger partial charge < -0.3 is 20.1 Å². The zero-order chi connectivity index (χ0) is 19.3. The van der Waals surface area contributed by atoms with Crippen molar-refractivity contribution in [1.29, 1.82) is 0 Å². The summed E-state index contributed by atoms with van der Waals surface area (Å²) in [6.07, 6.45) is 5.01. The van der Waals surface area contributed by atoms with E-state index in [4.69, 9.17) is 4.74 Å². The smallest absolute Gasteiger partial charge is 0.185 e. The lowest BCUT2D eigenvalue weighted by molar-refractivity contribution is 0.104. The molecule has 136 valence electrons. The van der Waals surface area contributed by atoms with Gasteiger partial charge in [0, 0.05) is 17.2 Å². The summed E-state index contributed by atoms with van der Waals surface area (Å²) in [7, 11) is 1.42. The van der Waals surface area contributed by atoms with Crippen molar-refractivity contribution in [3.8, 4) is 23.0 Å². The lowest BCUT2D eigenvalue weighted by atomic mass is 10.0. The summed E-state index contributed by atoms with van der Waals surface area (Å²) in [5.41, 5.74) is 2.14. The number of ether oxygens (including phenoxy) is 1. The molecule has 0 fully saturated rings. The normalized spacial score (nSPS) is 10.7. The third-order valence-corrected chi connectivity index (χ3v) is 3.87. The Bertz CT molecular complexity index is 857. The Morgan fingerprint density at radius 1 is 1.12 bits per heavy atom. The maximum absolute atomic E-state index is 12.3. The Labute approximate surface area is 152 Å². The lowest BCUT2D eigenvalue weighted by Gasteiger charge is -2.13. The molecule has 0 aliphatic rings. The number of phenolic OH excluding ortho intramolecular Hbond substituents is 3. The van der Waals surface area contributed by atoms with Gasteiger partial charge in [-0.2, -0.15) is 0 Å². The molecule has 0 bridgehead atoms. The third-order valence-electron chi connectivity index (χ3n) is 3.87. The molecule has 0 unspecified atom stereocenters. The number of carbonyl (C=O) groups excluding carboxylic acids is 1. The molecule has 2 aromatic carbocycles. The van der Waals surface area contributed by atoms with Crippen LogP contribution in [0.3, 0.4) is 0 Å². The minimum absolute atomic E-state index is 0.0705. The van der Waals surface area contributed by atoms with Crippen molar-refractivity contribution in [2.24, 2.45) is 0 Å². The largest absolute Gasteiger partial charge is 0.508 e. The minimum atomic E-state index is -0.287. The van der Waals surface area contributed by atoms with Crippen molar-refractivity contribution in [2.75, 3.05) is 7.11 Å². The van der Waals surface area contributed by atoms with Crippen molar-refractivity contribution in [2.45, 2.75) is 20.3 Å². The van der Waals surface area contributed by atoms with Gasteiger partial charge in [-0.25, -0.2) is 0 Å². The summed E-state index contributed by atoms with van der Waals surface area (Å²) in [6, 6.07) is 7.29. The van der Waals surface area contributed by atoms with Crippen molar-refractivity contribution < 1.29 is 24.9 Å². The molecule has 0 saturated carbocycles. The number of rotatable bonds is 6. The van der Waals surface area contributed by atoms with Gasteiger partial charge in [-0.3, -0.25) is 4.79 Å². The van der Waals surface area contributed by atoms with E-state index >= 15 is 0 Å². The zero-order valence-corrected chi connectivity index (χ0v) is 15.0. The highest BCUT2D eigenvalue weighted by Gasteiger charge is 2.16. The number of phenols is 3. The van der Waals surface area contributed by atoms with Crippen LogP contribution >= 0.6 is 0 Å². The zero-order valence-electron chi connectivity index (χ0n) is 15.0. The van der Waals surface area contributed by atoms with E-state index in [-0.39, 0.29) is 28.8 Å². The van der Waals surface area contributed by atoms with Crippen molar-refractivity contribution in [3.63, 3.8) is 0 Å².